The van der Waals surface area contributed by atoms with Gasteiger partial charge in [0.05, 0.1) is 33.9 Å². The van der Waals surface area contributed by atoms with E-state index in [9.17, 15) is 18.3 Å². The standard InChI is InChI=1S/C27H27ClN6O4S/c1-3-18-14-19-16-30-26(32-24(19)34(25(18)35)23-5-4-10-27(23,2)36)31-20-8-11-33(12-9-20)39(37,38)22-13-17(15-29)6-7-21(22)28/h1,6-7,13-14,16,20,23,36H,4-5,8-12H2,2H3,(H,30,31,32)/t23-,27-/m1/s1. The van der Waals surface area contributed by atoms with E-state index in [4.69, 9.17) is 23.3 Å². The Morgan fingerprint density at radius 3 is 2.64 bits per heavy atom. The van der Waals surface area contributed by atoms with E-state index in [0.29, 0.717) is 42.7 Å². The molecule has 202 valence electrons. The molecule has 1 aliphatic heterocycles. The monoisotopic (exact) mass is 566 g/mol. The molecule has 39 heavy (non-hydrogen) atoms. The predicted octanol–water partition coefficient (Wildman–Crippen LogP) is 3.04. The molecule has 10 nitrogen and oxygen atoms in total. The number of nitrogens with one attached hydrogen (secondary N) is 1. The lowest BCUT2D eigenvalue weighted by atomic mass is 9.99. The lowest BCUT2D eigenvalue weighted by molar-refractivity contribution is 0.0266. The quantitative estimate of drug-likeness (QED) is 0.449. The van der Waals surface area contributed by atoms with Crippen LogP contribution in [0.25, 0.3) is 11.0 Å². The summed E-state index contributed by atoms with van der Waals surface area (Å²) in [5, 5.41) is 24.0. The van der Waals surface area contributed by atoms with Gasteiger partial charge in [-0.2, -0.15) is 14.6 Å². The van der Waals surface area contributed by atoms with Gasteiger partial charge in [-0.3, -0.25) is 9.36 Å². The Balaban J connectivity index is 1.38. The second-order valence-corrected chi connectivity index (χ2v) is 12.5. The summed E-state index contributed by atoms with van der Waals surface area (Å²) in [5.41, 5.74) is -0.662. The maximum Gasteiger partial charge on any atom is 0.268 e. The fourth-order valence-corrected chi connectivity index (χ4v) is 7.42. The molecule has 1 saturated heterocycles. The maximum atomic E-state index is 13.2. The highest BCUT2D eigenvalue weighted by Gasteiger charge is 2.40. The minimum absolute atomic E-state index is 0.0686. The van der Waals surface area contributed by atoms with E-state index in [1.54, 1.807) is 19.2 Å². The van der Waals surface area contributed by atoms with Gasteiger partial charge in [0.2, 0.25) is 16.0 Å². The summed E-state index contributed by atoms with van der Waals surface area (Å²) in [6.45, 7) is 2.20. The smallest absolute Gasteiger partial charge is 0.268 e. The number of sulfonamides is 1. The molecule has 1 aromatic carbocycles. The Labute approximate surface area is 231 Å². The number of nitrogens with zero attached hydrogens (tertiary/aromatic N) is 5. The normalized spacial score (nSPS) is 22.4. The van der Waals surface area contributed by atoms with Crippen molar-refractivity contribution in [3.05, 3.63) is 57.0 Å². The number of benzene rings is 1. The van der Waals surface area contributed by atoms with Crippen LogP contribution in [0.1, 0.15) is 56.2 Å². The molecule has 1 aliphatic carbocycles. The molecule has 3 aromatic rings. The van der Waals surface area contributed by atoms with Gasteiger partial charge in [0.1, 0.15) is 10.5 Å². The molecule has 2 aromatic heterocycles. The Morgan fingerprint density at radius 1 is 1.26 bits per heavy atom. The van der Waals surface area contributed by atoms with Crippen LogP contribution in [0.5, 0.6) is 0 Å². The summed E-state index contributed by atoms with van der Waals surface area (Å²) in [4.78, 5) is 22.2. The van der Waals surface area contributed by atoms with Crippen molar-refractivity contribution >= 4 is 38.6 Å². The van der Waals surface area contributed by atoms with Crippen LogP contribution in [0.3, 0.4) is 0 Å². The Hall–Kier alpha value is -3.48. The summed E-state index contributed by atoms with van der Waals surface area (Å²) in [6, 6.07) is 7.11. The van der Waals surface area contributed by atoms with Crippen LogP contribution in [0, 0.1) is 23.7 Å². The van der Waals surface area contributed by atoms with Gasteiger partial charge < -0.3 is 10.4 Å². The molecule has 2 N–H and O–H groups in total. The van der Waals surface area contributed by atoms with Crippen LogP contribution in [0.2, 0.25) is 5.02 Å². The van der Waals surface area contributed by atoms with Gasteiger partial charge >= 0.3 is 0 Å². The molecule has 0 unspecified atom stereocenters. The summed E-state index contributed by atoms with van der Waals surface area (Å²) in [6.07, 6.45) is 10.1. The molecular weight excluding hydrogens is 540 g/mol. The Kier molecular flexibility index (Phi) is 7.12. The molecule has 2 aliphatic rings. The van der Waals surface area contributed by atoms with Crippen LogP contribution < -0.4 is 10.9 Å². The number of piperidine rings is 1. The summed E-state index contributed by atoms with van der Waals surface area (Å²) in [5.74, 6) is 2.73. The number of fused-ring (bicyclic) bond motifs is 1. The first kappa shape index (κ1) is 27.1. The first-order valence-electron chi connectivity index (χ1n) is 12.6. The van der Waals surface area contributed by atoms with E-state index >= 15 is 0 Å². The number of rotatable bonds is 5. The second-order valence-electron chi connectivity index (χ2n) is 10.2. The second kappa shape index (κ2) is 10.2. The van der Waals surface area contributed by atoms with E-state index in [0.717, 1.165) is 6.42 Å². The average Bonchev–Trinajstić information content (AvgIpc) is 3.27. The zero-order valence-corrected chi connectivity index (χ0v) is 22.8. The topological polar surface area (TPSA) is 141 Å². The molecule has 0 radical (unpaired) electrons. The van der Waals surface area contributed by atoms with Crippen LogP contribution in [0.15, 0.2) is 40.2 Å². The zero-order valence-electron chi connectivity index (χ0n) is 21.3. The van der Waals surface area contributed by atoms with E-state index in [-0.39, 0.29) is 45.7 Å². The third-order valence-electron chi connectivity index (χ3n) is 7.58. The van der Waals surface area contributed by atoms with Crippen LogP contribution >= 0.6 is 11.6 Å². The molecule has 0 spiro atoms. The van der Waals surface area contributed by atoms with Gasteiger partial charge in [-0.25, -0.2) is 13.4 Å². The van der Waals surface area contributed by atoms with Crippen molar-refractivity contribution in [2.45, 2.75) is 61.6 Å². The van der Waals surface area contributed by atoms with Crippen LogP contribution in [0.4, 0.5) is 5.95 Å². The molecule has 5 rings (SSSR count). The van der Waals surface area contributed by atoms with Gasteiger partial charge in [0.25, 0.3) is 5.56 Å². The SMILES string of the molecule is C#Cc1cc2cnc(NC3CCN(S(=O)(=O)c4cc(C#N)ccc4Cl)CC3)nc2n([C@@H]2CCC[C@@]2(C)O)c1=O. The highest BCUT2D eigenvalue weighted by Crippen LogP contribution is 2.39. The number of hydrogen-bond acceptors (Lipinski definition) is 8. The molecule has 0 bridgehead atoms. The van der Waals surface area contributed by atoms with Crippen molar-refractivity contribution in [1.82, 2.24) is 18.8 Å². The summed E-state index contributed by atoms with van der Waals surface area (Å²) >= 11 is 6.15. The van der Waals surface area contributed by atoms with Gasteiger partial charge in [0.15, 0.2) is 0 Å². The largest absolute Gasteiger partial charge is 0.388 e. The third kappa shape index (κ3) is 4.99. The highest BCUT2D eigenvalue weighted by atomic mass is 35.5. The van der Waals surface area contributed by atoms with Crippen molar-refractivity contribution in [1.29, 1.82) is 5.26 Å². The minimum Gasteiger partial charge on any atom is -0.388 e. The van der Waals surface area contributed by atoms with Crippen molar-refractivity contribution in [3.63, 3.8) is 0 Å². The van der Waals surface area contributed by atoms with Crippen LogP contribution in [-0.2, 0) is 10.0 Å². The minimum atomic E-state index is -3.87. The molecule has 0 amide bonds. The maximum absolute atomic E-state index is 13.2. The summed E-state index contributed by atoms with van der Waals surface area (Å²) < 4.78 is 29.3. The first-order chi connectivity index (χ1) is 18.5. The van der Waals surface area contributed by atoms with Gasteiger partial charge in [-0.1, -0.05) is 17.5 Å². The lowest BCUT2D eigenvalue weighted by Crippen LogP contribution is -2.42. The van der Waals surface area contributed by atoms with Gasteiger partial charge in [-0.05, 0) is 63.3 Å². The zero-order chi connectivity index (χ0) is 27.9. The number of halogens is 1. The molecule has 12 heteroatoms. The Bertz CT molecular complexity index is 1700. The average molecular weight is 567 g/mol. The van der Waals surface area contributed by atoms with E-state index in [1.807, 2.05) is 6.07 Å². The number of aromatic nitrogens is 3. The molecular formula is C27H27ClN6O4S. The van der Waals surface area contributed by atoms with Gasteiger partial charge in [0, 0.05) is 30.7 Å². The summed E-state index contributed by atoms with van der Waals surface area (Å²) in [7, 11) is -3.87. The first-order valence-corrected chi connectivity index (χ1v) is 14.4. The molecule has 1 saturated carbocycles. The number of anilines is 1. The fourth-order valence-electron chi connectivity index (χ4n) is 5.45. The Morgan fingerprint density at radius 2 is 2.00 bits per heavy atom. The van der Waals surface area contributed by atoms with Crippen molar-refractivity contribution in [2.75, 3.05) is 18.4 Å². The van der Waals surface area contributed by atoms with E-state index in [2.05, 4.69) is 21.2 Å². The molecule has 3 heterocycles. The van der Waals surface area contributed by atoms with Crippen molar-refractivity contribution in [3.8, 4) is 18.4 Å². The van der Waals surface area contributed by atoms with E-state index < -0.39 is 21.7 Å². The van der Waals surface area contributed by atoms with Crippen molar-refractivity contribution < 1.29 is 13.5 Å². The molecule has 2 fully saturated rings. The highest BCUT2D eigenvalue weighted by molar-refractivity contribution is 7.89. The molecule has 2 atom stereocenters. The number of hydrogen-bond donors (Lipinski definition) is 2. The van der Waals surface area contributed by atoms with E-state index in [1.165, 1.54) is 27.1 Å². The predicted molar refractivity (Wildman–Crippen MR) is 147 cm³/mol. The number of aliphatic hydroxyl groups is 1. The van der Waals surface area contributed by atoms with Crippen LogP contribution in [-0.4, -0.2) is 57.1 Å². The number of terminal acetylenes is 1. The number of pyridine rings is 1. The number of nitriles is 1. The van der Waals surface area contributed by atoms with Crippen molar-refractivity contribution in [2.24, 2.45) is 0 Å². The third-order valence-corrected chi connectivity index (χ3v) is 9.96. The lowest BCUT2D eigenvalue weighted by Gasteiger charge is -2.32. The fraction of sp³-hybridized carbons (Fsp3) is 0.407. The van der Waals surface area contributed by atoms with Gasteiger partial charge in [-0.15, -0.1) is 6.42 Å².